The van der Waals surface area contributed by atoms with E-state index in [1.807, 2.05) is 42.7 Å². The summed E-state index contributed by atoms with van der Waals surface area (Å²) in [7, 11) is 0. The summed E-state index contributed by atoms with van der Waals surface area (Å²) in [6.45, 7) is 8.92. The van der Waals surface area contributed by atoms with E-state index >= 15 is 0 Å². The standard InChI is InChI=1S/C22H24Cl2N4OS/c1-13(2)11-28-21(17-9-8-16(23)10-18(17)24)26-27-22(28)30-12-19(29)25-20-14(3)6-5-7-15(20)4/h5-10,13H,11-12H2,1-4H3,(H,25,29). The Bertz CT molecular complexity index is 1050. The summed E-state index contributed by atoms with van der Waals surface area (Å²) in [5, 5.41) is 13.5. The lowest BCUT2D eigenvalue weighted by molar-refractivity contribution is -0.113. The number of anilines is 1. The van der Waals surface area contributed by atoms with E-state index in [9.17, 15) is 4.79 Å². The van der Waals surface area contributed by atoms with Crippen molar-refractivity contribution in [3.05, 3.63) is 57.6 Å². The fourth-order valence-corrected chi connectivity index (χ4v) is 4.35. The number of hydrogen-bond acceptors (Lipinski definition) is 4. The van der Waals surface area contributed by atoms with Crippen LogP contribution in [-0.2, 0) is 11.3 Å². The van der Waals surface area contributed by atoms with Crippen molar-refractivity contribution in [1.82, 2.24) is 14.8 Å². The molecule has 1 aromatic heterocycles. The van der Waals surface area contributed by atoms with E-state index in [1.165, 1.54) is 11.8 Å². The monoisotopic (exact) mass is 462 g/mol. The molecule has 0 saturated heterocycles. The fourth-order valence-electron chi connectivity index (χ4n) is 3.11. The molecule has 0 fully saturated rings. The number of aromatic nitrogens is 3. The molecule has 0 unspecified atom stereocenters. The number of rotatable bonds is 7. The summed E-state index contributed by atoms with van der Waals surface area (Å²) in [5.74, 6) is 1.19. The van der Waals surface area contributed by atoms with Crippen LogP contribution in [0.25, 0.3) is 11.4 Å². The van der Waals surface area contributed by atoms with Crippen molar-refractivity contribution in [2.24, 2.45) is 5.92 Å². The lowest BCUT2D eigenvalue weighted by Crippen LogP contribution is -2.16. The van der Waals surface area contributed by atoms with Gasteiger partial charge in [-0.1, -0.05) is 67.0 Å². The molecule has 2 aromatic carbocycles. The van der Waals surface area contributed by atoms with Crippen molar-refractivity contribution in [3.8, 4) is 11.4 Å². The molecule has 0 aliphatic heterocycles. The summed E-state index contributed by atoms with van der Waals surface area (Å²) < 4.78 is 2.01. The van der Waals surface area contributed by atoms with Crippen molar-refractivity contribution >= 4 is 46.6 Å². The number of aryl methyl sites for hydroxylation is 2. The number of nitrogens with one attached hydrogen (secondary N) is 1. The summed E-state index contributed by atoms with van der Waals surface area (Å²) in [6.07, 6.45) is 0. The van der Waals surface area contributed by atoms with E-state index < -0.39 is 0 Å². The third kappa shape index (κ3) is 5.36. The Morgan fingerprint density at radius 2 is 1.83 bits per heavy atom. The highest BCUT2D eigenvalue weighted by Crippen LogP contribution is 2.32. The third-order valence-corrected chi connectivity index (χ3v) is 6.03. The van der Waals surface area contributed by atoms with Gasteiger partial charge in [0.15, 0.2) is 11.0 Å². The zero-order valence-corrected chi connectivity index (χ0v) is 19.7. The first kappa shape index (κ1) is 22.7. The molecule has 0 spiro atoms. The molecule has 3 rings (SSSR count). The van der Waals surface area contributed by atoms with Gasteiger partial charge in [-0.15, -0.1) is 10.2 Å². The molecule has 3 aromatic rings. The minimum absolute atomic E-state index is 0.0810. The van der Waals surface area contributed by atoms with Gasteiger partial charge in [0.1, 0.15) is 0 Å². The Hall–Kier alpha value is -2.02. The van der Waals surface area contributed by atoms with Crippen LogP contribution in [0, 0.1) is 19.8 Å². The van der Waals surface area contributed by atoms with Gasteiger partial charge in [-0.3, -0.25) is 4.79 Å². The largest absolute Gasteiger partial charge is 0.325 e. The normalized spacial score (nSPS) is 11.2. The van der Waals surface area contributed by atoms with Crippen molar-refractivity contribution in [2.75, 3.05) is 11.1 Å². The number of hydrogen-bond donors (Lipinski definition) is 1. The first-order valence-corrected chi connectivity index (χ1v) is 11.4. The zero-order valence-electron chi connectivity index (χ0n) is 17.4. The number of benzene rings is 2. The highest BCUT2D eigenvalue weighted by atomic mass is 35.5. The number of para-hydroxylation sites is 1. The predicted molar refractivity (Wildman–Crippen MR) is 126 cm³/mol. The van der Waals surface area contributed by atoms with Gasteiger partial charge in [0.25, 0.3) is 0 Å². The molecular weight excluding hydrogens is 439 g/mol. The molecule has 1 heterocycles. The molecule has 0 saturated carbocycles. The Morgan fingerprint density at radius 3 is 2.47 bits per heavy atom. The average molecular weight is 463 g/mol. The number of carbonyl (C=O) groups is 1. The third-order valence-electron chi connectivity index (χ3n) is 4.51. The van der Waals surface area contributed by atoms with Gasteiger partial charge in [-0.25, -0.2) is 0 Å². The van der Waals surface area contributed by atoms with Gasteiger partial charge >= 0.3 is 0 Å². The average Bonchev–Trinajstić information content (AvgIpc) is 3.05. The van der Waals surface area contributed by atoms with E-state index in [0.29, 0.717) is 33.5 Å². The fraction of sp³-hybridized carbons (Fsp3) is 0.318. The summed E-state index contributed by atoms with van der Waals surface area (Å²) in [6, 6.07) is 11.3. The van der Waals surface area contributed by atoms with Crippen LogP contribution in [0.1, 0.15) is 25.0 Å². The second-order valence-corrected chi connectivity index (χ2v) is 9.32. The van der Waals surface area contributed by atoms with Gasteiger partial charge in [0.2, 0.25) is 5.91 Å². The molecule has 30 heavy (non-hydrogen) atoms. The molecule has 0 atom stereocenters. The molecule has 1 amide bonds. The smallest absolute Gasteiger partial charge is 0.234 e. The lowest BCUT2D eigenvalue weighted by atomic mass is 10.1. The molecular formula is C22H24Cl2N4OS. The van der Waals surface area contributed by atoms with Gasteiger partial charge in [-0.2, -0.15) is 0 Å². The Balaban J connectivity index is 1.80. The maximum Gasteiger partial charge on any atom is 0.234 e. The number of halogens is 2. The molecule has 0 aliphatic carbocycles. The highest BCUT2D eigenvalue weighted by molar-refractivity contribution is 7.99. The van der Waals surface area contributed by atoms with Crippen molar-refractivity contribution < 1.29 is 4.79 Å². The van der Waals surface area contributed by atoms with Crippen LogP contribution < -0.4 is 5.32 Å². The van der Waals surface area contributed by atoms with Crippen molar-refractivity contribution in [3.63, 3.8) is 0 Å². The Labute approximate surface area is 191 Å². The second-order valence-electron chi connectivity index (χ2n) is 7.54. The van der Waals surface area contributed by atoms with Crippen molar-refractivity contribution in [2.45, 2.75) is 39.4 Å². The predicted octanol–water partition coefficient (Wildman–Crippen LogP) is 6.26. The number of nitrogens with zero attached hydrogens (tertiary/aromatic N) is 3. The van der Waals surface area contributed by atoms with Crippen LogP contribution in [0.15, 0.2) is 41.6 Å². The quantitative estimate of drug-likeness (QED) is 0.421. The van der Waals surface area contributed by atoms with Crippen LogP contribution in [0.4, 0.5) is 5.69 Å². The van der Waals surface area contributed by atoms with Crippen LogP contribution in [0.3, 0.4) is 0 Å². The SMILES string of the molecule is Cc1cccc(C)c1NC(=O)CSc1nnc(-c2ccc(Cl)cc2Cl)n1CC(C)C. The minimum Gasteiger partial charge on any atom is -0.325 e. The van der Waals surface area contributed by atoms with E-state index in [-0.39, 0.29) is 11.7 Å². The zero-order chi connectivity index (χ0) is 21.8. The second kappa shape index (κ2) is 9.86. The number of thioether (sulfide) groups is 1. The maximum atomic E-state index is 12.6. The highest BCUT2D eigenvalue weighted by Gasteiger charge is 2.19. The molecule has 0 aliphatic rings. The van der Waals surface area contributed by atoms with Gasteiger partial charge in [-0.05, 0) is 49.1 Å². The lowest BCUT2D eigenvalue weighted by Gasteiger charge is -2.14. The van der Waals surface area contributed by atoms with E-state index in [2.05, 4.69) is 29.4 Å². The van der Waals surface area contributed by atoms with Crippen LogP contribution in [0.2, 0.25) is 10.0 Å². The summed E-state index contributed by atoms with van der Waals surface area (Å²) in [4.78, 5) is 12.6. The number of carbonyl (C=O) groups excluding carboxylic acids is 1. The van der Waals surface area contributed by atoms with E-state index in [0.717, 1.165) is 22.4 Å². The first-order valence-electron chi connectivity index (χ1n) is 9.63. The van der Waals surface area contributed by atoms with Crippen LogP contribution >= 0.6 is 35.0 Å². The molecule has 0 bridgehead atoms. The molecule has 1 N–H and O–H groups in total. The van der Waals surface area contributed by atoms with Gasteiger partial charge in [0, 0.05) is 22.8 Å². The molecule has 8 heteroatoms. The molecule has 158 valence electrons. The van der Waals surface area contributed by atoms with E-state index in [4.69, 9.17) is 23.2 Å². The Morgan fingerprint density at radius 1 is 1.13 bits per heavy atom. The van der Waals surface area contributed by atoms with E-state index in [1.54, 1.807) is 12.1 Å². The topological polar surface area (TPSA) is 59.8 Å². The minimum atomic E-state index is -0.0810. The van der Waals surface area contributed by atoms with Gasteiger partial charge < -0.3 is 9.88 Å². The van der Waals surface area contributed by atoms with Gasteiger partial charge in [0.05, 0.1) is 10.8 Å². The summed E-state index contributed by atoms with van der Waals surface area (Å²) in [5.41, 5.74) is 3.70. The summed E-state index contributed by atoms with van der Waals surface area (Å²) >= 11 is 13.8. The Kier molecular flexibility index (Phi) is 7.45. The number of amides is 1. The van der Waals surface area contributed by atoms with Crippen LogP contribution in [-0.4, -0.2) is 26.4 Å². The molecule has 0 radical (unpaired) electrons. The van der Waals surface area contributed by atoms with Crippen molar-refractivity contribution in [1.29, 1.82) is 0 Å². The molecule has 5 nitrogen and oxygen atoms in total. The van der Waals surface area contributed by atoms with Crippen LogP contribution in [0.5, 0.6) is 0 Å². The first-order chi connectivity index (χ1) is 14.3. The maximum absolute atomic E-state index is 12.6.